The van der Waals surface area contributed by atoms with Crippen molar-refractivity contribution in [2.45, 2.75) is 0 Å². The highest BCUT2D eigenvalue weighted by Gasteiger charge is 2.16. The molecule has 0 aliphatic rings. The summed E-state index contributed by atoms with van der Waals surface area (Å²) >= 11 is 3.41. The number of ether oxygens (including phenoxy) is 2. The zero-order chi connectivity index (χ0) is 18.4. The zero-order valence-electron chi connectivity index (χ0n) is 14.2. The lowest BCUT2D eigenvalue weighted by molar-refractivity contribution is 0.0987. The smallest absolute Gasteiger partial charge is 0.228 e. The number of rotatable bonds is 6. The number of ketones is 1. The number of allylic oxidation sites excluding steroid dienone is 1. The van der Waals surface area contributed by atoms with Crippen LogP contribution in [0.5, 0.6) is 11.5 Å². The summed E-state index contributed by atoms with van der Waals surface area (Å²) in [5.74, 6) is 1.08. The molecular formula is C22H17BrO3. The van der Waals surface area contributed by atoms with Crippen molar-refractivity contribution in [2.24, 2.45) is 0 Å². The second kappa shape index (κ2) is 8.50. The van der Waals surface area contributed by atoms with Crippen LogP contribution in [0.4, 0.5) is 0 Å². The summed E-state index contributed by atoms with van der Waals surface area (Å²) in [6.07, 6.45) is 1.73. The van der Waals surface area contributed by atoms with Gasteiger partial charge in [0.25, 0.3) is 0 Å². The van der Waals surface area contributed by atoms with Gasteiger partial charge in [0.2, 0.25) is 5.78 Å². The Labute approximate surface area is 161 Å². The van der Waals surface area contributed by atoms with Gasteiger partial charge in [-0.05, 0) is 35.9 Å². The van der Waals surface area contributed by atoms with Gasteiger partial charge < -0.3 is 9.47 Å². The second-order valence-electron chi connectivity index (χ2n) is 5.51. The molecule has 0 radical (unpaired) electrons. The van der Waals surface area contributed by atoms with Crippen molar-refractivity contribution in [3.05, 3.63) is 100 Å². The minimum absolute atomic E-state index is 0.195. The maximum absolute atomic E-state index is 13.0. The molecule has 0 saturated heterocycles. The van der Waals surface area contributed by atoms with Crippen LogP contribution in [-0.4, -0.2) is 12.9 Å². The van der Waals surface area contributed by atoms with E-state index >= 15 is 0 Å². The van der Waals surface area contributed by atoms with Crippen molar-refractivity contribution in [3.63, 3.8) is 0 Å². The van der Waals surface area contributed by atoms with Crippen LogP contribution in [0.15, 0.2) is 89.1 Å². The van der Waals surface area contributed by atoms with Gasteiger partial charge in [0, 0.05) is 10.0 Å². The Bertz CT molecular complexity index is 916. The lowest BCUT2D eigenvalue weighted by Crippen LogP contribution is -2.10. The summed E-state index contributed by atoms with van der Waals surface area (Å²) in [5.41, 5.74) is 1.42. The van der Waals surface area contributed by atoms with E-state index in [9.17, 15) is 4.79 Å². The van der Waals surface area contributed by atoms with E-state index in [4.69, 9.17) is 9.47 Å². The fourth-order valence-electron chi connectivity index (χ4n) is 2.41. The molecule has 3 nitrogen and oxygen atoms in total. The first kappa shape index (κ1) is 18.0. The SMILES string of the molecule is COc1ccccc1O/C(=C/c1ccc(Br)cc1)C(=O)c1ccccc1. The Morgan fingerprint density at radius 2 is 1.46 bits per heavy atom. The summed E-state index contributed by atoms with van der Waals surface area (Å²) in [6, 6.07) is 24.0. The maximum Gasteiger partial charge on any atom is 0.228 e. The van der Waals surface area contributed by atoms with Crippen molar-refractivity contribution in [3.8, 4) is 11.5 Å². The van der Waals surface area contributed by atoms with Crippen LogP contribution >= 0.6 is 15.9 Å². The van der Waals surface area contributed by atoms with Gasteiger partial charge in [-0.2, -0.15) is 0 Å². The van der Waals surface area contributed by atoms with Gasteiger partial charge in [0.05, 0.1) is 7.11 Å². The van der Waals surface area contributed by atoms with E-state index in [1.54, 1.807) is 37.5 Å². The first-order chi connectivity index (χ1) is 12.7. The molecule has 4 heteroatoms. The molecule has 130 valence electrons. The Morgan fingerprint density at radius 1 is 0.846 bits per heavy atom. The highest BCUT2D eigenvalue weighted by Crippen LogP contribution is 2.29. The highest BCUT2D eigenvalue weighted by atomic mass is 79.9. The van der Waals surface area contributed by atoms with Crippen LogP contribution in [0.2, 0.25) is 0 Å². The van der Waals surface area contributed by atoms with E-state index in [1.165, 1.54) is 0 Å². The fraction of sp³-hybridized carbons (Fsp3) is 0.0455. The van der Waals surface area contributed by atoms with Gasteiger partial charge in [-0.15, -0.1) is 0 Å². The van der Waals surface area contributed by atoms with Crippen LogP contribution in [0.1, 0.15) is 15.9 Å². The van der Waals surface area contributed by atoms with Crippen molar-refractivity contribution >= 4 is 27.8 Å². The highest BCUT2D eigenvalue weighted by molar-refractivity contribution is 9.10. The Kier molecular flexibility index (Phi) is 5.87. The summed E-state index contributed by atoms with van der Waals surface area (Å²) in [4.78, 5) is 13.0. The molecule has 0 aliphatic heterocycles. The molecule has 3 rings (SSSR count). The molecule has 0 heterocycles. The average molecular weight is 409 g/mol. The largest absolute Gasteiger partial charge is 0.493 e. The van der Waals surface area contributed by atoms with Gasteiger partial charge in [0.1, 0.15) is 0 Å². The summed E-state index contributed by atoms with van der Waals surface area (Å²) < 4.78 is 12.3. The van der Waals surface area contributed by atoms with Crippen molar-refractivity contribution in [1.82, 2.24) is 0 Å². The second-order valence-corrected chi connectivity index (χ2v) is 6.42. The van der Waals surface area contributed by atoms with Gasteiger partial charge >= 0.3 is 0 Å². The molecule has 0 fully saturated rings. The molecule has 0 N–H and O–H groups in total. The predicted octanol–water partition coefficient (Wildman–Crippen LogP) is 5.76. The Balaban J connectivity index is 2.01. The molecule has 0 bridgehead atoms. The Morgan fingerprint density at radius 3 is 2.12 bits per heavy atom. The monoisotopic (exact) mass is 408 g/mol. The number of carbonyl (C=O) groups is 1. The first-order valence-corrected chi connectivity index (χ1v) is 8.84. The topological polar surface area (TPSA) is 35.5 Å². The standard InChI is InChI=1S/C22H17BrO3/c1-25-19-9-5-6-10-20(19)26-21(15-16-11-13-18(23)14-12-16)22(24)17-7-3-2-4-8-17/h2-15H,1H3/b21-15+. The third-order valence-electron chi connectivity index (χ3n) is 3.72. The summed E-state index contributed by atoms with van der Waals surface area (Å²) in [6.45, 7) is 0. The van der Waals surface area contributed by atoms with Crippen LogP contribution in [0.25, 0.3) is 6.08 Å². The van der Waals surface area contributed by atoms with E-state index in [0.717, 1.165) is 10.0 Å². The van der Waals surface area contributed by atoms with Crippen LogP contribution < -0.4 is 9.47 Å². The number of para-hydroxylation sites is 2. The number of hydrogen-bond acceptors (Lipinski definition) is 3. The quantitative estimate of drug-likeness (QED) is 0.295. The molecule has 0 saturated carbocycles. The molecule has 0 atom stereocenters. The summed E-state index contributed by atoms with van der Waals surface area (Å²) in [7, 11) is 1.57. The van der Waals surface area contributed by atoms with Crippen molar-refractivity contribution in [2.75, 3.05) is 7.11 Å². The van der Waals surface area contributed by atoms with Crippen LogP contribution in [0.3, 0.4) is 0 Å². The van der Waals surface area contributed by atoms with Crippen molar-refractivity contribution in [1.29, 1.82) is 0 Å². The first-order valence-electron chi connectivity index (χ1n) is 8.05. The third kappa shape index (κ3) is 4.41. The lowest BCUT2D eigenvalue weighted by atomic mass is 10.1. The number of Topliss-reactive ketones (excluding diaryl/α,β-unsaturated/α-hetero) is 1. The average Bonchev–Trinajstić information content (AvgIpc) is 2.69. The molecule has 26 heavy (non-hydrogen) atoms. The number of carbonyl (C=O) groups excluding carboxylic acids is 1. The van der Waals surface area contributed by atoms with E-state index in [-0.39, 0.29) is 11.5 Å². The maximum atomic E-state index is 13.0. The van der Waals surface area contributed by atoms with E-state index < -0.39 is 0 Å². The lowest BCUT2D eigenvalue weighted by Gasteiger charge is -2.13. The van der Waals surface area contributed by atoms with Gasteiger partial charge in [-0.25, -0.2) is 0 Å². The van der Waals surface area contributed by atoms with Gasteiger partial charge in [-0.3, -0.25) is 4.79 Å². The zero-order valence-corrected chi connectivity index (χ0v) is 15.8. The van der Waals surface area contributed by atoms with E-state index in [1.807, 2.05) is 54.6 Å². The molecule has 3 aromatic rings. The third-order valence-corrected chi connectivity index (χ3v) is 4.25. The summed E-state index contributed by atoms with van der Waals surface area (Å²) in [5, 5.41) is 0. The molecule has 0 spiro atoms. The van der Waals surface area contributed by atoms with Gasteiger partial charge in [-0.1, -0.05) is 70.5 Å². The fourth-order valence-corrected chi connectivity index (χ4v) is 2.67. The minimum Gasteiger partial charge on any atom is -0.493 e. The number of hydrogen-bond donors (Lipinski definition) is 0. The minimum atomic E-state index is -0.195. The molecule has 0 aliphatic carbocycles. The normalized spacial score (nSPS) is 11.1. The van der Waals surface area contributed by atoms with Gasteiger partial charge in [0.15, 0.2) is 17.3 Å². The Hall–Kier alpha value is -2.85. The molecule has 3 aromatic carbocycles. The number of methoxy groups -OCH3 is 1. The number of halogens is 1. The van der Waals surface area contributed by atoms with E-state index in [2.05, 4.69) is 15.9 Å². The molecular weight excluding hydrogens is 392 g/mol. The molecule has 0 unspecified atom stereocenters. The molecule has 0 amide bonds. The number of benzene rings is 3. The van der Waals surface area contributed by atoms with Crippen molar-refractivity contribution < 1.29 is 14.3 Å². The van der Waals surface area contributed by atoms with Crippen LogP contribution in [-0.2, 0) is 0 Å². The van der Waals surface area contributed by atoms with E-state index in [0.29, 0.717) is 17.1 Å². The predicted molar refractivity (Wildman–Crippen MR) is 107 cm³/mol. The molecule has 0 aromatic heterocycles. The van der Waals surface area contributed by atoms with Crippen LogP contribution in [0, 0.1) is 0 Å².